The second-order valence-electron chi connectivity index (χ2n) is 5.33. The van der Waals surface area contributed by atoms with Crippen LogP contribution in [0.5, 0.6) is 0 Å². The number of nitrogens with zero attached hydrogens (tertiary/aromatic N) is 4. The van der Waals surface area contributed by atoms with E-state index in [1.54, 1.807) is 6.20 Å². The zero-order valence-corrected chi connectivity index (χ0v) is 11.4. The summed E-state index contributed by atoms with van der Waals surface area (Å²) >= 11 is 0. The molecule has 0 spiro atoms. The molecular weight excluding hydrogens is 238 g/mol. The Morgan fingerprint density at radius 2 is 2.32 bits per heavy atom. The maximum absolute atomic E-state index is 4.35. The molecule has 3 heterocycles. The van der Waals surface area contributed by atoms with Gasteiger partial charge in [-0.3, -0.25) is 4.98 Å². The summed E-state index contributed by atoms with van der Waals surface area (Å²) in [5, 5.41) is 12.1. The molecule has 0 saturated carbocycles. The van der Waals surface area contributed by atoms with Gasteiger partial charge in [-0.15, -0.1) is 5.10 Å². The van der Waals surface area contributed by atoms with Crippen molar-refractivity contribution in [3.8, 4) is 5.69 Å². The van der Waals surface area contributed by atoms with Gasteiger partial charge in [-0.05, 0) is 44.9 Å². The first-order chi connectivity index (χ1) is 9.24. The topological polar surface area (TPSA) is 55.6 Å². The third kappa shape index (κ3) is 2.51. The predicted octanol–water partition coefficient (Wildman–Crippen LogP) is 1.83. The van der Waals surface area contributed by atoms with Crippen molar-refractivity contribution < 1.29 is 0 Å². The molecule has 0 aromatic carbocycles. The fourth-order valence-electron chi connectivity index (χ4n) is 2.68. The second-order valence-corrected chi connectivity index (χ2v) is 5.33. The van der Waals surface area contributed by atoms with Gasteiger partial charge in [-0.1, -0.05) is 5.21 Å². The summed E-state index contributed by atoms with van der Waals surface area (Å²) in [5.74, 6) is 0.516. The monoisotopic (exact) mass is 257 g/mol. The number of piperidine rings is 1. The van der Waals surface area contributed by atoms with Gasteiger partial charge in [-0.2, -0.15) is 0 Å². The highest BCUT2D eigenvalue weighted by Crippen LogP contribution is 2.26. The van der Waals surface area contributed by atoms with Crippen molar-refractivity contribution in [2.24, 2.45) is 0 Å². The Kier molecular flexibility index (Phi) is 3.29. The van der Waals surface area contributed by atoms with Crippen LogP contribution in [0, 0.1) is 6.92 Å². The van der Waals surface area contributed by atoms with E-state index in [0.29, 0.717) is 12.0 Å². The van der Waals surface area contributed by atoms with Gasteiger partial charge in [0.15, 0.2) is 0 Å². The lowest BCUT2D eigenvalue weighted by Crippen LogP contribution is -2.34. The van der Waals surface area contributed by atoms with Gasteiger partial charge in [0, 0.05) is 18.2 Å². The van der Waals surface area contributed by atoms with E-state index in [-0.39, 0.29) is 0 Å². The first kappa shape index (κ1) is 12.3. The van der Waals surface area contributed by atoms with Crippen molar-refractivity contribution >= 4 is 0 Å². The summed E-state index contributed by atoms with van der Waals surface area (Å²) in [6.07, 6.45) is 7.94. The van der Waals surface area contributed by atoms with Gasteiger partial charge in [0.25, 0.3) is 0 Å². The van der Waals surface area contributed by atoms with Crippen LogP contribution in [0.2, 0.25) is 0 Å². The van der Waals surface area contributed by atoms with Crippen LogP contribution in [0.1, 0.15) is 36.9 Å². The van der Waals surface area contributed by atoms with E-state index in [0.717, 1.165) is 36.3 Å². The molecule has 1 N–H and O–H groups in total. The van der Waals surface area contributed by atoms with E-state index < -0.39 is 0 Å². The zero-order valence-electron chi connectivity index (χ0n) is 11.4. The van der Waals surface area contributed by atoms with Gasteiger partial charge in [0.1, 0.15) is 0 Å². The summed E-state index contributed by atoms with van der Waals surface area (Å²) in [7, 11) is 0. The highest BCUT2D eigenvalue weighted by atomic mass is 15.4. The Labute approximate surface area is 113 Å². The molecule has 0 aliphatic carbocycles. The van der Waals surface area contributed by atoms with Crippen molar-refractivity contribution in [1.82, 2.24) is 25.3 Å². The van der Waals surface area contributed by atoms with Gasteiger partial charge in [0.05, 0.1) is 23.8 Å². The fraction of sp³-hybridized carbons (Fsp3) is 0.500. The molecule has 1 aliphatic rings. The minimum atomic E-state index is 0.516. The molecule has 3 rings (SSSR count). The lowest BCUT2D eigenvalue weighted by atomic mass is 9.91. The Morgan fingerprint density at radius 1 is 1.42 bits per heavy atom. The maximum atomic E-state index is 4.35. The highest BCUT2D eigenvalue weighted by molar-refractivity contribution is 5.36. The summed E-state index contributed by atoms with van der Waals surface area (Å²) in [4.78, 5) is 4.16. The van der Waals surface area contributed by atoms with E-state index in [2.05, 4.69) is 34.5 Å². The lowest BCUT2D eigenvalue weighted by Gasteiger charge is -2.26. The summed E-state index contributed by atoms with van der Waals surface area (Å²) in [6.45, 7) is 5.34. The zero-order chi connectivity index (χ0) is 13.2. The molecule has 0 bridgehead atoms. The third-order valence-electron chi connectivity index (χ3n) is 3.81. The van der Waals surface area contributed by atoms with Crippen LogP contribution < -0.4 is 5.32 Å². The lowest BCUT2D eigenvalue weighted by molar-refractivity contribution is 0.376. The van der Waals surface area contributed by atoms with Crippen molar-refractivity contribution in [1.29, 1.82) is 0 Å². The minimum absolute atomic E-state index is 0.516. The van der Waals surface area contributed by atoms with Gasteiger partial charge in [-0.25, -0.2) is 4.68 Å². The molecule has 0 radical (unpaired) electrons. The molecule has 2 aromatic heterocycles. The number of nitrogens with one attached hydrogen (secondary N) is 1. The van der Waals surface area contributed by atoms with Crippen molar-refractivity contribution in [3.05, 3.63) is 35.9 Å². The molecule has 0 amide bonds. The van der Waals surface area contributed by atoms with E-state index in [9.17, 15) is 0 Å². The number of hydrogen-bond donors (Lipinski definition) is 1. The molecule has 0 unspecified atom stereocenters. The van der Waals surface area contributed by atoms with Crippen molar-refractivity contribution in [2.75, 3.05) is 6.54 Å². The van der Waals surface area contributed by atoms with Gasteiger partial charge < -0.3 is 5.32 Å². The van der Waals surface area contributed by atoms with E-state index in [1.807, 2.05) is 23.1 Å². The highest BCUT2D eigenvalue weighted by Gasteiger charge is 2.22. The largest absolute Gasteiger partial charge is 0.314 e. The average Bonchev–Trinajstić information content (AvgIpc) is 2.89. The van der Waals surface area contributed by atoms with Crippen molar-refractivity contribution in [2.45, 2.75) is 38.6 Å². The Hall–Kier alpha value is -1.75. The smallest absolute Gasteiger partial charge is 0.0875 e. The second kappa shape index (κ2) is 5.09. The molecule has 1 aliphatic heterocycles. The van der Waals surface area contributed by atoms with Crippen LogP contribution in [0.3, 0.4) is 0 Å². The summed E-state index contributed by atoms with van der Waals surface area (Å²) in [6, 6.07) is 2.55. The van der Waals surface area contributed by atoms with Crippen LogP contribution >= 0.6 is 0 Å². The number of hydrogen-bond acceptors (Lipinski definition) is 4. The predicted molar refractivity (Wildman–Crippen MR) is 73.3 cm³/mol. The Balaban J connectivity index is 1.85. The summed E-state index contributed by atoms with van der Waals surface area (Å²) < 4.78 is 1.84. The van der Waals surface area contributed by atoms with Gasteiger partial charge in [0.2, 0.25) is 0 Å². The van der Waals surface area contributed by atoms with Crippen molar-refractivity contribution in [3.63, 3.8) is 0 Å². The average molecular weight is 257 g/mol. The third-order valence-corrected chi connectivity index (χ3v) is 3.81. The van der Waals surface area contributed by atoms with Crippen LogP contribution in [-0.2, 0) is 0 Å². The molecule has 2 aromatic rings. The van der Waals surface area contributed by atoms with Crippen LogP contribution in [-0.4, -0.2) is 32.6 Å². The van der Waals surface area contributed by atoms with Crippen LogP contribution in [0.4, 0.5) is 0 Å². The molecule has 1 fully saturated rings. The standard InChI is InChI=1S/C14H19N5/c1-10-3-5-15-8-14(10)19-9-13(17-18-19)12-4-6-16-11(2)7-12/h3,5,8-9,11-12,16H,4,6-7H2,1-2H3/t11-,12+/m1/s1. The first-order valence-electron chi connectivity index (χ1n) is 6.80. The van der Waals surface area contributed by atoms with Crippen LogP contribution in [0.25, 0.3) is 5.69 Å². The molecule has 5 heteroatoms. The maximum Gasteiger partial charge on any atom is 0.0875 e. The fourth-order valence-corrected chi connectivity index (χ4v) is 2.68. The Bertz CT molecular complexity index is 562. The Morgan fingerprint density at radius 3 is 3.11 bits per heavy atom. The van der Waals surface area contributed by atoms with Crippen LogP contribution in [0.15, 0.2) is 24.7 Å². The van der Waals surface area contributed by atoms with E-state index in [1.165, 1.54) is 0 Å². The number of rotatable bonds is 2. The molecule has 19 heavy (non-hydrogen) atoms. The number of aromatic nitrogens is 4. The van der Waals surface area contributed by atoms with E-state index >= 15 is 0 Å². The summed E-state index contributed by atoms with van der Waals surface area (Å²) in [5.41, 5.74) is 3.25. The molecule has 100 valence electrons. The van der Waals surface area contributed by atoms with Gasteiger partial charge >= 0.3 is 0 Å². The molecule has 5 nitrogen and oxygen atoms in total. The number of aryl methyl sites for hydroxylation is 1. The molecular formula is C14H19N5. The molecule has 2 atom stereocenters. The quantitative estimate of drug-likeness (QED) is 0.891. The normalized spacial score (nSPS) is 23.5. The first-order valence-corrected chi connectivity index (χ1v) is 6.80. The minimum Gasteiger partial charge on any atom is -0.314 e. The SMILES string of the molecule is Cc1ccncc1-n1cc([C@H]2CCN[C@H](C)C2)nn1. The molecule has 1 saturated heterocycles. The number of pyridine rings is 1. The van der Waals surface area contributed by atoms with E-state index in [4.69, 9.17) is 0 Å².